The molecule has 0 atom stereocenters. The van der Waals surface area contributed by atoms with E-state index >= 15 is 0 Å². The Morgan fingerprint density at radius 2 is 1.75 bits per heavy atom. The van der Waals surface area contributed by atoms with Gasteiger partial charge in [-0.1, -0.05) is 42.5 Å². The van der Waals surface area contributed by atoms with Gasteiger partial charge in [0.15, 0.2) is 0 Å². The zero-order valence-corrected chi connectivity index (χ0v) is 13.5. The smallest absolute Gasteiger partial charge is 0.251 e. The Bertz CT molecular complexity index is 775. The minimum absolute atomic E-state index is 0.00817. The number of nitrogens with one attached hydrogen (secondary N) is 1. The lowest BCUT2D eigenvalue weighted by molar-refractivity contribution is -0.132. The van der Waals surface area contributed by atoms with Crippen molar-refractivity contribution in [1.82, 2.24) is 14.8 Å². The third-order valence-electron chi connectivity index (χ3n) is 4.06. The topological polar surface area (TPSA) is 54.3 Å². The van der Waals surface area contributed by atoms with E-state index in [1.54, 1.807) is 17.2 Å². The van der Waals surface area contributed by atoms with Gasteiger partial charge in [-0.05, 0) is 17.2 Å². The number of rotatable bonds is 4. The van der Waals surface area contributed by atoms with Crippen LogP contribution in [0.1, 0.15) is 11.1 Å². The summed E-state index contributed by atoms with van der Waals surface area (Å²) in [5, 5.41) is 3.21. The van der Waals surface area contributed by atoms with Crippen molar-refractivity contribution >= 4 is 18.1 Å². The first-order valence-corrected chi connectivity index (χ1v) is 8.14. The molecular formula is C19H21N3O2. The zero-order valence-electron chi connectivity index (χ0n) is 13.5. The summed E-state index contributed by atoms with van der Waals surface area (Å²) in [5.41, 5.74) is 1.75. The van der Waals surface area contributed by atoms with E-state index in [2.05, 4.69) is 5.32 Å². The van der Waals surface area contributed by atoms with Crippen molar-refractivity contribution in [2.24, 2.45) is 0 Å². The molecule has 0 aliphatic carbocycles. The fourth-order valence-electron chi connectivity index (χ4n) is 2.67. The number of carbonyl (C=O) groups is 1. The molecule has 1 N–H and O–H groups in total. The maximum absolute atomic E-state index is 12.2. The van der Waals surface area contributed by atoms with Gasteiger partial charge in [-0.15, -0.1) is 0 Å². The molecule has 1 fully saturated rings. The van der Waals surface area contributed by atoms with Crippen molar-refractivity contribution in [2.45, 2.75) is 6.54 Å². The number of carbonyl (C=O) groups excluding carboxylic acids is 1. The molecule has 0 bridgehead atoms. The predicted molar refractivity (Wildman–Crippen MR) is 95.5 cm³/mol. The monoisotopic (exact) mass is 323 g/mol. The Morgan fingerprint density at radius 3 is 2.46 bits per heavy atom. The molecule has 2 aromatic rings. The van der Waals surface area contributed by atoms with E-state index in [1.165, 1.54) is 4.57 Å². The molecule has 0 unspecified atom stereocenters. The summed E-state index contributed by atoms with van der Waals surface area (Å²) in [7, 11) is 0. The van der Waals surface area contributed by atoms with E-state index in [1.807, 2.05) is 48.6 Å². The molecule has 2 heterocycles. The van der Waals surface area contributed by atoms with Gasteiger partial charge in [0, 0.05) is 38.4 Å². The molecule has 124 valence electrons. The van der Waals surface area contributed by atoms with Gasteiger partial charge in [-0.2, -0.15) is 0 Å². The lowest BCUT2D eigenvalue weighted by Crippen LogP contribution is -2.48. The number of hydrogen-bond acceptors (Lipinski definition) is 3. The first kappa shape index (κ1) is 16.2. The Morgan fingerprint density at radius 1 is 1.04 bits per heavy atom. The van der Waals surface area contributed by atoms with Crippen molar-refractivity contribution in [1.29, 1.82) is 0 Å². The van der Waals surface area contributed by atoms with E-state index in [9.17, 15) is 9.59 Å². The largest absolute Gasteiger partial charge is 0.339 e. The number of benzene rings is 1. The van der Waals surface area contributed by atoms with Crippen LogP contribution in [0, 0.1) is 0 Å². The van der Waals surface area contributed by atoms with Gasteiger partial charge >= 0.3 is 0 Å². The van der Waals surface area contributed by atoms with Crippen molar-refractivity contribution in [3.8, 4) is 0 Å². The molecule has 0 radical (unpaired) electrons. The quantitative estimate of drug-likeness (QED) is 0.926. The Balaban J connectivity index is 1.67. The lowest BCUT2D eigenvalue weighted by atomic mass is 10.1. The number of amides is 1. The second-order valence-corrected chi connectivity index (χ2v) is 5.80. The molecule has 1 aromatic carbocycles. The highest BCUT2D eigenvalue weighted by molar-refractivity contribution is 5.76. The van der Waals surface area contributed by atoms with E-state index in [0.29, 0.717) is 13.1 Å². The first-order chi connectivity index (χ1) is 11.7. The van der Waals surface area contributed by atoms with Gasteiger partial charge in [-0.25, -0.2) is 0 Å². The summed E-state index contributed by atoms with van der Waals surface area (Å²) < 4.78 is 1.46. The van der Waals surface area contributed by atoms with E-state index < -0.39 is 0 Å². The average Bonchev–Trinajstić information content (AvgIpc) is 2.63. The minimum atomic E-state index is -0.159. The van der Waals surface area contributed by atoms with Gasteiger partial charge in [0.1, 0.15) is 6.54 Å². The van der Waals surface area contributed by atoms with Crippen molar-refractivity contribution in [3.63, 3.8) is 0 Å². The van der Waals surface area contributed by atoms with Crippen LogP contribution in [0.3, 0.4) is 0 Å². The molecule has 24 heavy (non-hydrogen) atoms. The van der Waals surface area contributed by atoms with Crippen LogP contribution in [0.2, 0.25) is 0 Å². The highest BCUT2D eigenvalue weighted by Crippen LogP contribution is 2.06. The van der Waals surface area contributed by atoms with E-state index in [0.717, 1.165) is 24.2 Å². The normalized spacial score (nSPS) is 14.9. The Hall–Kier alpha value is -2.66. The number of aromatic nitrogens is 1. The second-order valence-electron chi connectivity index (χ2n) is 5.80. The summed E-state index contributed by atoms with van der Waals surface area (Å²) in [4.78, 5) is 26.3. The highest BCUT2D eigenvalue weighted by atomic mass is 16.2. The summed E-state index contributed by atoms with van der Waals surface area (Å²) >= 11 is 0. The van der Waals surface area contributed by atoms with Crippen molar-refractivity contribution in [2.75, 3.05) is 26.2 Å². The van der Waals surface area contributed by atoms with Crippen LogP contribution in [0.15, 0.2) is 53.5 Å². The van der Waals surface area contributed by atoms with E-state index in [4.69, 9.17) is 0 Å². The summed E-state index contributed by atoms with van der Waals surface area (Å²) in [6.07, 6.45) is 5.55. The number of piperazine rings is 1. The molecule has 1 aliphatic rings. The average molecular weight is 323 g/mol. The molecule has 1 aliphatic heterocycles. The van der Waals surface area contributed by atoms with Gasteiger partial charge in [0.25, 0.3) is 5.56 Å². The van der Waals surface area contributed by atoms with Crippen molar-refractivity contribution < 1.29 is 4.79 Å². The van der Waals surface area contributed by atoms with Crippen LogP contribution in [-0.2, 0) is 11.3 Å². The summed E-state index contributed by atoms with van der Waals surface area (Å²) in [6.45, 7) is 3.12. The summed E-state index contributed by atoms with van der Waals surface area (Å²) in [6, 6.07) is 13.3. The van der Waals surface area contributed by atoms with Gasteiger partial charge in [0.2, 0.25) is 5.91 Å². The Labute approximate surface area is 141 Å². The molecule has 0 spiro atoms. The maximum Gasteiger partial charge on any atom is 0.251 e. The van der Waals surface area contributed by atoms with E-state index in [-0.39, 0.29) is 18.0 Å². The summed E-state index contributed by atoms with van der Waals surface area (Å²) in [5.74, 6) is -0.00817. The molecule has 0 saturated carbocycles. The van der Waals surface area contributed by atoms with Gasteiger partial charge in [0.05, 0.1) is 0 Å². The Kier molecular flexibility index (Phi) is 5.23. The zero-order chi connectivity index (χ0) is 16.8. The number of hydrogen-bond donors (Lipinski definition) is 1. The van der Waals surface area contributed by atoms with Crippen LogP contribution in [0.4, 0.5) is 0 Å². The third kappa shape index (κ3) is 4.20. The standard InChI is InChI=1S/C19H21N3O2/c23-18-14-17(7-6-16-4-2-1-3-5-16)8-11-22(18)15-19(24)21-12-9-20-10-13-21/h1-8,11,14,20H,9-10,12-13,15H2/b7-6+. The SMILES string of the molecule is O=C(Cn1ccc(/C=C/c2ccccc2)cc1=O)N1CCNCC1. The van der Waals surface area contributed by atoms with Crippen LogP contribution in [-0.4, -0.2) is 41.6 Å². The van der Waals surface area contributed by atoms with Crippen LogP contribution in [0.25, 0.3) is 12.2 Å². The fraction of sp³-hybridized carbons (Fsp3) is 0.263. The number of pyridine rings is 1. The van der Waals surface area contributed by atoms with Gasteiger partial charge in [-0.3, -0.25) is 9.59 Å². The van der Waals surface area contributed by atoms with Crippen LogP contribution >= 0.6 is 0 Å². The molecule has 5 nitrogen and oxygen atoms in total. The lowest BCUT2D eigenvalue weighted by Gasteiger charge is -2.27. The maximum atomic E-state index is 12.2. The van der Waals surface area contributed by atoms with Crippen LogP contribution in [0.5, 0.6) is 0 Å². The highest BCUT2D eigenvalue weighted by Gasteiger charge is 2.16. The predicted octanol–water partition coefficient (Wildman–Crippen LogP) is 1.45. The molecule has 5 heteroatoms. The van der Waals surface area contributed by atoms with Crippen molar-refractivity contribution in [3.05, 3.63) is 70.1 Å². The molecule has 3 rings (SSSR count). The molecule has 1 saturated heterocycles. The number of nitrogens with zero attached hydrogens (tertiary/aromatic N) is 2. The molecular weight excluding hydrogens is 302 g/mol. The minimum Gasteiger partial charge on any atom is -0.339 e. The molecule has 1 amide bonds. The second kappa shape index (κ2) is 7.75. The fourth-order valence-corrected chi connectivity index (χ4v) is 2.67. The first-order valence-electron chi connectivity index (χ1n) is 8.14. The van der Waals surface area contributed by atoms with Gasteiger partial charge < -0.3 is 14.8 Å². The molecule has 1 aromatic heterocycles. The third-order valence-corrected chi connectivity index (χ3v) is 4.06. The van der Waals surface area contributed by atoms with Crippen LogP contribution < -0.4 is 10.9 Å².